The van der Waals surface area contributed by atoms with Crippen LogP contribution in [0.3, 0.4) is 0 Å². The van der Waals surface area contributed by atoms with E-state index in [1.165, 1.54) is 13.2 Å². The maximum atomic E-state index is 12.1. The molecule has 0 unspecified atom stereocenters. The molecule has 7 nitrogen and oxygen atoms in total. The average Bonchev–Trinajstić information content (AvgIpc) is 2.43. The van der Waals surface area contributed by atoms with Crippen LogP contribution in [0.25, 0.3) is 0 Å². The molecule has 0 spiro atoms. The van der Waals surface area contributed by atoms with E-state index in [1.807, 2.05) is 20.8 Å². The van der Waals surface area contributed by atoms with E-state index in [2.05, 4.69) is 0 Å². The second-order valence-corrected chi connectivity index (χ2v) is 6.20. The predicted molar refractivity (Wildman–Crippen MR) is 80.0 cm³/mol. The topological polar surface area (TPSA) is 81.9 Å². The lowest BCUT2D eigenvalue weighted by Gasteiger charge is -2.31. The van der Waals surface area contributed by atoms with E-state index >= 15 is 0 Å². The van der Waals surface area contributed by atoms with Crippen molar-refractivity contribution in [2.75, 3.05) is 13.7 Å². The lowest BCUT2D eigenvalue weighted by Crippen LogP contribution is -2.39. The fourth-order valence-corrected chi connectivity index (χ4v) is 2.36. The zero-order valence-electron chi connectivity index (χ0n) is 13.2. The molecular formula is C15H20N2O5. The molecular weight excluding hydrogens is 288 g/mol. The van der Waals surface area contributed by atoms with Gasteiger partial charge in [0, 0.05) is 19.2 Å². The number of nitro benzene ring substituents is 1. The molecule has 0 aliphatic carbocycles. The molecule has 0 radical (unpaired) electrons. The first-order valence-corrected chi connectivity index (χ1v) is 7.03. The van der Waals surface area contributed by atoms with E-state index in [9.17, 15) is 14.9 Å². The van der Waals surface area contributed by atoms with E-state index in [0.29, 0.717) is 19.5 Å². The lowest BCUT2D eigenvalue weighted by atomic mass is 9.98. The Morgan fingerprint density at radius 2 is 2.00 bits per heavy atom. The molecule has 7 heteroatoms. The summed E-state index contributed by atoms with van der Waals surface area (Å²) in [4.78, 5) is 24.3. The highest BCUT2D eigenvalue weighted by Gasteiger charge is 2.28. The second-order valence-electron chi connectivity index (χ2n) is 6.20. The van der Waals surface area contributed by atoms with Crippen LogP contribution in [0.5, 0.6) is 5.75 Å². The SMILES string of the molecule is COc1cc2c(cc1[N+](=O)[O-])CCN(C(=O)OC(C)(C)C)C2. The van der Waals surface area contributed by atoms with Crippen LogP contribution in [0.2, 0.25) is 0 Å². The lowest BCUT2D eigenvalue weighted by molar-refractivity contribution is -0.385. The Morgan fingerprint density at radius 3 is 2.55 bits per heavy atom. The summed E-state index contributed by atoms with van der Waals surface area (Å²) in [6.07, 6.45) is 0.176. The molecule has 1 amide bonds. The van der Waals surface area contributed by atoms with Crippen LogP contribution in [-0.2, 0) is 17.7 Å². The normalized spacial score (nSPS) is 14.3. The van der Waals surface area contributed by atoms with E-state index < -0.39 is 10.5 Å². The van der Waals surface area contributed by atoms with Crippen LogP contribution in [0, 0.1) is 10.1 Å². The minimum Gasteiger partial charge on any atom is -0.490 e. The zero-order valence-corrected chi connectivity index (χ0v) is 13.2. The largest absolute Gasteiger partial charge is 0.490 e. The monoisotopic (exact) mass is 308 g/mol. The van der Waals surface area contributed by atoms with Gasteiger partial charge in [0.15, 0.2) is 5.75 Å². The summed E-state index contributed by atoms with van der Waals surface area (Å²) in [7, 11) is 1.39. The van der Waals surface area contributed by atoms with Crippen molar-refractivity contribution in [3.63, 3.8) is 0 Å². The number of fused-ring (bicyclic) bond motifs is 1. The molecule has 1 aromatic rings. The van der Waals surface area contributed by atoms with Crippen LogP contribution in [0.4, 0.5) is 10.5 Å². The van der Waals surface area contributed by atoms with E-state index in [0.717, 1.165) is 11.1 Å². The number of carbonyl (C=O) groups is 1. The van der Waals surface area contributed by atoms with Crippen LogP contribution in [0.15, 0.2) is 12.1 Å². The Labute approximate surface area is 129 Å². The van der Waals surface area contributed by atoms with E-state index in [4.69, 9.17) is 9.47 Å². The van der Waals surface area contributed by atoms with Gasteiger partial charge in [-0.2, -0.15) is 0 Å². The molecule has 1 aliphatic heterocycles. The molecule has 1 aromatic carbocycles. The van der Waals surface area contributed by atoms with Crippen molar-refractivity contribution in [2.24, 2.45) is 0 Å². The van der Waals surface area contributed by atoms with Crippen molar-refractivity contribution >= 4 is 11.8 Å². The van der Waals surface area contributed by atoms with Crippen molar-refractivity contribution < 1.29 is 19.2 Å². The van der Waals surface area contributed by atoms with Gasteiger partial charge in [0.25, 0.3) is 0 Å². The van der Waals surface area contributed by atoms with Crippen LogP contribution in [0.1, 0.15) is 31.9 Å². The summed E-state index contributed by atoms with van der Waals surface area (Å²) >= 11 is 0. The van der Waals surface area contributed by atoms with Gasteiger partial charge in [-0.15, -0.1) is 0 Å². The van der Waals surface area contributed by atoms with Crippen molar-refractivity contribution in [2.45, 2.75) is 39.3 Å². The molecule has 0 N–H and O–H groups in total. The minimum absolute atomic E-state index is 0.0491. The zero-order chi connectivity index (χ0) is 16.5. The number of benzene rings is 1. The molecule has 0 aromatic heterocycles. The molecule has 0 fully saturated rings. The Morgan fingerprint density at radius 1 is 1.32 bits per heavy atom. The average molecular weight is 308 g/mol. The highest BCUT2D eigenvalue weighted by Crippen LogP contribution is 2.33. The molecule has 0 atom stereocenters. The molecule has 22 heavy (non-hydrogen) atoms. The Kier molecular flexibility index (Phi) is 4.25. The fourth-order valence-electron chi connectivity index (χ4n) is 2.36. The molecule has 0 saturated heterocycles. The first kappa shape index (κ1) is 16.1. The van der Waals surface area contributed by atoms with Gasteiger partial charge in [-0.25, -0.2) is 4.79 Å². The van der Waals surface area contributed by atoms with Gasteiger partial charge in [0.1, 0.15) is 5.60 Å². The van der Waals surface area contributed by atoms with Crippen molar-refractivity contribution in [1.82, 2.24) is 4.90 Å². The Balaban J connectivity index is 2.24. The predicted octanol–water partition coefficient (Wildman–Crippen LogP) is 2.90. The first-order valence-electron chi connectivity index (χ1n) is 7.03. The summed E-state index contributed by atoms with van der Waals surface area (Å²) in [5.74, 6) is 0.204. The summed E-state index contributed by atoms with van der Waals surface area (Å²) in [6.45, 7) is 6.28. The van der Waals surface area contributed by atoms with Crippen molar-refractivity contribution in [3.8, 4) is 5.75 Å². The van der Waals surface area contributed by atoms with Crippen LogP contribution in [-0.4, -0.2) is 35.2 Å². The van der Waals surface area contributed by atoms with Gasteiger partial charge in [-0.1, -0.05) is 0 Å². The fraction of sp³-hybridized carbons (Fsp3) is 0.533. The van der Waals surface area contributed by atoms with Gasteiger partial charge >= 0.3 is 11.8 Å². The molecule has 0 bridgehead atoms. The van der Waals surface area contributed by atoms with Gasteiger partial charge in [0.05, 0.1) is 12.0 Å². The third-order valence-corrected chi connectivity index (χ3v) is 3.36. The van der Waals surface area contributed by atoms with Crippen LogP contribution < -0.4 is 4.74 Å². The van der Waals surface area contributed by atoms with E-state index in [-0.39, 0.29) is 17.5 Å². The quantitative estimate of drug-likeness (QED) is 0.619. The smallest absolute Gasteiger partial charge is 0.410 e. The summed E-state index contributed by atoms with van der Waals surface area (Å²) < 4.78 is 10.4. The highest BCUT2D eigenvalue weighted by atomic mass is 16.6. The summed E-state index contributed by atoms with van der Waals surface area (Å²) in [5, 5.41) is 11.0. The number of amides is 1. The Bertz CT molecular complexity index is 607. The van der Waals surface area contributed by atoms with Gasteiger partial charge in [-0.05, 0) is 44.4 Å². The number of methoxy groups -OCH3 is 1. The van der Waals surface area contributed by atoms with Crippen LogP contribution >= 0.6 is 0 Å². The first-order chi connectivity index (χ1) is 10.2. The number of rotatable bonds is 2. The maximum absolute atomic E-state index is 12.1. The van der Waals surface area contributed by atoms with Gasteiger partial charge in [0.2, 0.25) is 0 Å². The van der Waals surface area contributed by atoms with Gasteiger partial charge in [-0.3, -0.25) is 10.1 Å². The molecule has 0 saturated carbocycles. The number of nitrogens with zero attached hydrogens (tertiary/aromatic N) is 2. The van der Waals surface area contributed by atoms with Gasteiger partial charge < -0.3 is 14.4 Å². The number of hydrogen-bond donors (Lipinski definition) is 0. The molecule has 1 aliphatic rings. The molecule has 120 valence electrons. The maximum Gasteiger partial charge on any atom is 0.410 e. The molecule has 1 heterocycles. The third kappa shape index (κ3) is 3.47. The number of hydrogen-bond acceptors (Lipinski definition) is 5. The summed E-state index contributed by atoms with van der Waals surface area (Å²) in [6, 6.07) is 3.16. The number of ether oxygens (including phenoxy) is 2. The standard InChI is InChI=1S/C15H20N2O5/c1-15(2,3)22-14(18)16-6-5-10-7-12(17(19)20)13(21-4)8-11(10)9-16/h7-8H,5-6,9H2,1-4H3. The summed E-state index contributed by atoms with van der Waals surface area (Å²) in [5.41, 5.74) is 1.11. The highest BCUT2D eigenvalue weighted by molar-refractivity contribution is 5.69. The second kappa shape index (κ2) is 5.82. The number of carbonyl (C=O) groups excluding carboxylic acids is 1. The minimum atomic E-state index is -0.551. The number of nitro groups is 1. The Hall–Kier alpha value is -2.31. The van der Waals surface area contributed by atoms with E-state index in [1.54, 1.807) is 11.0 Å². The molecule has 2 rings (SSSR count). The van der Waals surface area contributed by atoms with Crippen molar-refractivity contribution in [1.29, 1.82) is 0 Å². The van der Waals surface area contributed by atoms with Crippen molar-refractivity contribution in [3.05, 3.63) is 33.4 Å². The third-order valence-electron chi connectivity index (χ3n) is 3.36.